The molecular formula is C22H21ClN2O4. The van der Waals surface area contributed by atoms with Crippen LogP contribution in [0.3, 0.4) is 0 Å². The van der Waals surface area contributed by atoms with Crippen molar-refractivity contribution in [2.24, 2.45) is 10.9 Å². The number of hydrogen-bond acceptors (Lipinski definition) is 4. The number of benzene rings is 2. The molecule has 29 heavy (non-hydrogen) atoms. The van der Waals surface area contributed by atoms with Gasteiger partial charge in [-0.3, -0.25) is 19.5 Å². The molecule has 0 saturated carbocycles. The number of carbonyl (C=O) groups is 2. The van der Waals surface area contributed by atoms with Crippen LogP contribution in [0, 0.1) is 5.92 Å². The molecule has 1 amide bonds. The molecule has 150 valence electrons. The van der Waals surface area contributed by atoms with E-state index in [1.54, 1.807) is 18.2 Å². The summed E-state index contributed by atoms with van der Waals surface area (Å²) in [5, 5.41) is 9.96. The number of benzodiazepines with no additional fused rings is 1. The topological polar surface area (TPSA) is 79.2 Å². The minimum atomic E-state index is -1.08. The molecule has 1 N–H and O–H groups in total. The van der Waals surface area contributed by atoms with Gasteiger partial charge in [-0.05, 0) is 37.0 Å². The van der Waals surface area contributed by atoms with E-state index >= 15 is 0 Å². The van der Waals surface area contributed by atoms with E-state index in [-0.39, 0.29) is 11.8 Å². The number of hydrogen-bond donors (Lipinski definition) is 1. The second-order valence-electron chi connectivity index (χ2n) is 7.22. The number of nitrogens with zero attached hydrogens (tertiary/aromatic N) is 2. The van der Waals surface area contributed by atoms with Crippen LogP contribution in [0.2, 0.25) is 5.02 Å². The first-order chi connectivity index (χ1) is 14.0. The van der Waals surface area contributed by atoms with Gasteiger partial charge in [0.2, 0.25) is 0 Å². The lowest BCUT2D eigenvalue weighted by atomic mass is 9.91. The first-order valence-corrected chi connectivity index (χ1v) is 9.96. The summed E-state index contributed by atoms with van der Waals surface area (Å²) in [7, 11) is 0. The number of rotatable bonds is 4. The van der Waals surface area contributed by atoms with Crippen molar-refractivity contribution in [1.82, 2.24) is 0 Å². The van der Waals surface area contributed by atoms with Crippen molar-refractivity contribution in [3.63, 3.8) is 0 Å². The zero-order valence-corrected chi connectivity index (χ0v) is 16.5. The molecule has 2 aromatic rings. The van der Waals surface area contributed by atoms with E-state index < -0.39 is 18.6 Å². The Labute approximate surface area is 173 Å². The van der Waals surface area contributed by atoms with E-state index in [2.05, 4.69) is 0 Å². The molecule has 2 aliphatic rings. The fraction of sp³-hybridized carbons (Fsp3) is 0.318. The van der Waals surface area contributed by atoms with Crippen molar-refractivity contribution in [3.05, 3.63) is 64.7 Å². The highest BCUT2D eigenvalue weighted by atomic mass is 35.5. The van der Waals surface area contributed by atoms with E-state index in [0.717, 1.165) is 5.56 Å². The quantitative estimate of drug-likeness (QED) is 0.834. The van der Waals surface area contributed by atoms with E-state index in [1.807, 2.05) is 30.3 Å². The lowest BCUT2D eigenvalue weighted by Crippen LogP contribution is -2.45. The smallest absolute Gasteiger partial charge is 0.323 e. The first-order valence-electron chi connectivity index (χ1n) is 9.58. The Kier molecular flexibility index (Phi) is 5.65. The Morgan fingerprint density at radius 3 is 2.59 bits per heavy atom. The number of aliphatic imine (C=N–C) groups is 1. The molecule has 2 heterocycles. The predicted octanol–water partition coefficient (Wildman–Crippen LogP) is 3.40. The van der Waals surface area contributed by atoms with Gasteiger partial charge in [0.05, 0.1) is 11.4 Å². The molecule has 1 unspecified atom stereocenters. The summed E-state index contributed by atoms with van der Waals surface area (Å²) in [6.45, 7) is 0.718. The molecular weight excluding hydrogens is 392 g/mol. The second-order valence-corrected chi connectivity index (χ2v) is 7.65. The van der Waals surface area contributed by atoms with Gasteiger partial charge in [0.15, 0.2) is 0 Å². The lowest BCUT2D eigenvalue weighted by Gasteiger charge is -2.30. The highest BCUT2D eigenvalue weighted by Crippen LogP contribution is 2.34. The summed E-state index contributed by atoms with van der Waals surface area (Å²) in [6.07, 6.45) is 1.42. The Morgan fingerprint density at radius 1 is 1.17 bits per heavy atom. The Balaban J connectivity index is 1.91. The molecule has 0 spiro atoms. The Bertz CT molecular complexity index is 955. The molecule has 6 nitrogen and oxygen atoms in total. The number of carboxylic acid groups (broad SMARTS) is 1. The summed E-state index contributed by atoms with van der Waals surface area (Å²) < 4.78 is 5.45. The average Bonchev–Trinajstić information content (AvgIpc) is 2.84. The molecule has 0 aromatic heterocycles. The van der Waals surface area contributed by atoms with E-state index in [1.165, 1.54) is 4.90 Å². The fourth-order valence-corrected chi connectivity index (χ4v) is 4.11. The maximum atomic E-state index is 13.5. The summed E-state index contributed by atoms with van der Waals surface area (Å²) in [4.78, 5) is 31.3. The van der Waals surface area contributed by atoms with Crippen LogP contribution in [0.25, 0.3) is 0 Å². The maximum Gasteiger partial charge on any atom is 0.323 e. The van der Waals surface area contributed by atoms with Gasteiger partial charge in [0.25, 0.3) is 5.91 Å². The molecule has 1 atom stereocenters. The summed E-state index contributed by atoms with van der Waals surface area (Å²) in [6, 6.07) is 14.0. The largest absolute Gasteiger partial charge is 0.480 e. The molecule has 2 aliphatic heterocycles. The van der Waals surface area contributed by atoms with Crippen LogP contribution < -0.4 is 4.90 Å². The lowest BCUT2D eigenvalue weighted by molar-refractivity contribution is -0.137. The van der Waals surface area contributed by atoms with Gasteiger partial charge in [-0.25, -0.2) is 0 Å². The molecule has 0 aliphatic carbocycles. The molecule has 2 aromatic carbocycles. The molecule has 0 bridgehead atoms. The number of carbonyl (C=O) groups excluding carboxylic acids is 1. The minimum Gasteiger partial charge on any atom is -0.480 e. The Morgan fingerprint density at radius 2 is 1.90 bits per heavy atom. The fourth-order valence-electron chi connectivity index (χ4n) is 3.94. The van der Waals surface area contributed by atoms with Gasteiger partial charge < -0.3 is 9.84 Å². The molecule has 1 fully saturated rings. The van der Waals surface area contributed by atoms with Gasteiger partial charge in [-0.2, -0.15) is 0 Å². The minimum absolute atomic E-state index is 0.00367. The normalized spacial score (nSPS) is 20.0. The van der Waals surface area contributed by atoms with Crippen LogP contribution in [0.1, 0.15) is 24.0 Å². The number of anilines is 1. The van der Waals surface area contributed by atoms with Crippen molar-refractivity contribution >= 4 is 34.9 Å². The van der Waals surface area contributed by atoms with Crippen molar-refractivity contribution in [1.29, 1.82) is 0 Å². The van der Waals surface area contributed by atoms with Gasteiger partial charge in [-0.15, -0.1) is 0 Å². The van der Waals surface area contributed by atoms with E-state index in [0.29, 0.717) is 48.0 Å². The molecule has 7 heteroatoms. The van der Waals surface area contributed by atoms with Crippen molar-refractivity contribution in [2.45, 2.75) is 18.9 Å². The first kappa shape index (κ1) is 19.6. The summed E-state index contributed by atoms with van der Waals surface area (Å²) in [5.74, 6) is -1.38. The van der Waals surface area contributed by atoms with Crippen LogP contribution in [0.15, 0.2) is 53.5 Å². The number of halogens is 1. The SMILES string of the molecule is O=C(O)CN1C(=O)C(C2CCOCC2)N=C(c2ccccc2)c2cc(Cl)ccc21. The summed E-state index contributed by atoms with van der Waals surface area (Å²) in [5.41, 5.74) is 2.69. The number of fused-ring (bicyclic) bond motifs is 1. The van der Waals surface area contributed by atoms with Crippen LogP contribution >= 0.6 is 11.6 Å². The molecule has 0 radical (unpaired) electrons. The van der Waals surface area contributed by atoms with Crippen molar-refractivity contribution in [3.8, 4) is 0 Å². The predicted molar refractivity (Wildman–Crippen MR) is 111 cm³/mol. The van der Waals surface area contributed by atoms with Crippen LogP contribution in [-0.4, -0.2) is 48.5 Å². The average molecular weight is 413 g/mol. The Hall–Kier alpha value is -2.70. The van der Waals surface area contributed by atoms with Crippen LogP contribution in [0.4, 0.5) is 5.69 Å². The van der Waals surface area contributed by atoms with E-state index in [4.69, 9.17) is 21.3 Å². The number of amides is 1. The van der Waals surface area contributed by atoms with Gasteiger partial charge in [0, 0.05) is 29.4 Å². The standard InChI is InChI=1S/C22H21ClN2O4/c23-16-6-7-18-17(12-16)20(14-4-2-1-3-5-14)24-21(15-8-10-29-11-9-15)22(28)25(18)13-19(26)27/h1-7,12,15,21H,8-11,13H2,(H,26,27). The van der Waals surface area contributed by atoms with Crippen molar-refractivity contribution < 1.29 is 19.4 Å². The highest BCUT2D eigenvalue weighted by Gasteiger charge is 2.38. The third-order valence-corrected chi connectivity index (χ3v) is 5.58. The number of carboxylic acids is 1. The molecule has 4 rings (SSSR count). The second kappa shape index (κ2) is 8.35. The highest BCUT2D eigenvalue weighted by molar-refractivity contribution is 6.32. The van der Waals surface area contributed by atoms with Crippen molar-refractivity contribution in [2.75, 3.05) is 24.7 Å². The van der Waals surface area contributed by atoms with Gasteiger partial charge >= 0.3 is 5.97 Å². The third-order valence-electron chi connectivity index (χ3n) is 5.34. The zero-order chi connectivity index (χ0) is 20.4. The number of ether oxygens (including phenoxy) is 1. The number of aliphatic carboxylic acids is 1. The molecule has 1 saturated heterocycles. The zero-order valence-electron chi connectivity index (χ0n) is 15.8. The van der Waals surface area contributed by atoms with Gasteiger partial charge in [0.1, 0.15) is 12.6 Å². The maximum absolute atomic E-state index is 13.5. The van der Waals surface area contributed by atoms with E-state index in [9.17, 15) is 14.7 Å². The monoisotopic (exact) mass is 412 g/mol. The van der Waals surface area contributed by atoms with Crippen LogP contribution in [-0.2, 0) is 14.3 Å². The third kappa shape index (κ3) is 4.04. The van der Waals surface area contributed by atoms with Crippen LogP contribution in [0.5, 0.6) is 0 Å². The summed E-state index contributed by atoms with van der Waals surface area (Å²) >= 11 is 6.27. The van der Waals surface area contributed by atoms with Gasteiger partial charge in [-0.1, -0.05) is 41.9 Å².